The van der Waals surface area contributed by atoms with Crippen LogP contribution in [-0.4, -0.2) is 33.4 Å². The van der Waals surface area contributed by atoms with Crippen molar-refractivity contribution in [3.05, 3.63) is 29.3 Å². The van der Waals surface area contributed by atoms with E-state index in [1.54, 1.807) is 7.11 Å². The molecule has 21 heavy (non-hydrogen) atoms. The number of ether oxygens (including phenoxy) is 1. The summed E-state index contributed by atoms with van der Waals surface area (Å²) in [5.41, 5.74) is 4.18. The number of rotatable bonds is 10. The van der Waals surface area contributed by atoms with E-state index in [0.29, 0.717) is 0 Å². The molecule has 0 radical (unpaired) electrons. The van der Waals surface area contributed by atoms with Gasteiger partial charge in [0.15, 0.2) is 0 Å². The van der Waals surface area contributed by atoms with E-state index in [4.69, 9.17) is 4.74 Å². The minimum absolute atomic E-state index is 0.767. The van der Waals surface area contributed by atoms with Gasteiger partial charge in [0.05, 0.1) is 6.61 Å². The summed E-state index contributed by atoms with van der Waals surface area (Å²) in [6, 6.07) is 6.89. The van der Waals surface area contributed by atoms with Crippen molar-refractivity contribution in [2.24, 2.45) is 5.92 Å². The average molecular weight is 290 g/mol. The van der Waals surface area contributed by atoms with Crippen molar-refractivity contribution in [3.8, 4) is 0 Å². The molecule has 0 aliphatic heterocycles. The Morgan fingerprint density at radius 1 is 1.33 bits per heavy atom. The first-order chi connectivity index (χ1) is 10.2. The Kier molecular flexibility index (Phi) is 6.52. The van der Waals surface area contributed by atoms with Crippen LogP contribution in [0.2, 0.25) is 0 Å². The molecule has 1 aromatic carbocycles. The SMILES string of the molecule is CCCN(CC1CC1)c1ccc(CNCCOC)cc1C. The zero-order chi connectivity index (χ0) is 15.1. The molecule has 3 nitrogen and oxygen atoms in total. The number of hydrogen-bond donors (Lipinski definition) is 1. The van der Waals surface area contributed by atoms with Crippen LogP contribution in [-0.2, 0) is 11.3 Å². The highest BCUT2D eigenvalue weighted by atomic mass is 16.5. The van der Waals surface area contributed by atoms with E-state index in [9.17, 15) is 0 Å². The molecule has 1 N–H and O–H groups in total. The molecule has 118 valence electrons. The molecule has 0 bridgehead atoms. The Labute approximate surface area is 129 Å². The molecule has 1 aliphatic rings. The minimum Gasteiger partial charge on any atom is -0.383 e. The maximum atomic E-state index is 5.05. The number of nitrogens with zero attached hydrogens (tertiary/aromatic N) is 1. The van der Waals surface area contributed by atoms with E-state index < -0.39 is 0 Å². The second kappa shape index (κ2) is 8.40. The summed E-state index contributed by atoms with van der Waals surface area (Å²) in [7, 11) is 1.74. The topological polar surface area (TPSA) is 24.5 Å². The van der Waals surface area contributed by atoms with E-state index in [1.807, 2.05) is 0 Å². The Hall–Kier alpha value is -1.06. The van der Waals surface area contributed by atoms with Crippen LogP contribution in [0.3, 0.4) is 0 Å². The summed E-state index contributed by atoms with van der Waals surface area (Å²) >= 11 is 0. The molecule has 1 fully saturated rings. The van der Waals surface area contributed by atoms with Gasteiger partial charge in [0.1, 0.15) is 0 Å². The number of methoxy groups -OCH3 is 1. The van der Waals surface area contributed by atoms with Crippen LogP contribution >= 0.6 is 0 Å². The second-order valence-corrected chi connectivity index (χ2v) is 6.18. The molecule has 3 heteroatoms. The highest BCUT2D eigenvalue weighted by molar-refractivity contribution is 5.54. The number of anilines is 1. The van der Waals surface area contributed by atoms with E-state index in [-0.39, 0.29) is 0 Å². The van der Waals surface area contributed by atoms with Crippen LogP contribution in [0.5, 0.6) is 0 Å². The largest absolute Gasteiger partial charge is 0.383 e. The first kappa shape index (κ1) is 16.3. The molecule has 0 saturated heterocycles. The Bertz CT molecular complexity index is 429. The van der Waals surface area contributed by atoms with Crippen LogP contribution in [0.4, 0.5) is 5.69 Å². The lowest BCUT2D eigenvalue weighted by Gasteiger charge is -2.26. The number of benzene rings is 1. The van der Waals surface area contributed by atoms with Gasteiger partial charge in [-0.25, -0.2) is 0 Å². The summed E-state index contributed by atoms with van der Waals surface area (Å²) < 4.78 is 5.05. The molecule has 2 rings (SSSR count). The van der Waals surface area contributed by atoms with Gasteiger partial charge in [-0.05, 0) is 49.3 Å². The third kappa shape index (κ3) is 5.33. The summed E-state index contributed by atoms with van der Waals surface area (Å²) in [4.78, 5) is 2.58. The molecule has 1 aromatic rings. The van der Waals surface area contributed by atoms with Crippen LogP contribution in [0, 0.1) is 12.8 Å². The normalized spacial score (nSPS) is 14.4. The molecule has 0 aromatic heterocycles. The van der Waals surface area contributed by atoms with Crippen LogP contribution in [0.1, 0.15) is 37.3 Å². The first-order valence-electron chi connectivity index (χ1n) is 8.28. The van der Waals surface area contributed by atoms with Crippen LogP contribution < -0.4 is 10.2 Å². The fourth-order valence-corrected chi connectivity index (χ4v) is 2.78. The maximum absolute atomic E-state index is 5.05. The number of aryl methyl sites for hydroxylation is 1. The minimum atomic E-state index is 0.767. The fourth-order valence-electron chi connectivity index (χ4n) is 2.78. The standard InChI is InChI=1S/C18H30N2O/c1-4-10-20(14-16-5-6-16)18-8-7-17(12-15(18)2)13-19-9-11-21-3/h7-8,12,16,19H,4-6,9-11,13-14H2,1-3H3. The highest BCUT2D eigenvalue weighted by Gasteiger charge is 2.24. The predicted molar refractivity (Wildman–Crippen MR) is 90.0 cm³/mol. The molecule has 0 unspecified atom stereocenters. The smallest absolute Gasteiger partial charge is 0.0587 e. The predicted octanol–water partition coefficient (Wildman–Crippen LogP) is 3.36. The quantitative estimate of drug-likeness (QED) is 0.669. The lowest BCUT2D eigenvalue weighted by molar-refractivity contribution is 0.199. The van der Waals surface area contributed by atoms with Gasteiger partial charge in [-0.3, -0.25) is 0 Å². The Morgan fingerprint density at radius 3 is 2.76 bits per heavy atom. The summed E-state index contributed by atoms with van der Waals surface area (Å²) in [5, 5.41) is 3.41. The average Bonchev–Trinajstić information content (AvgIpc) is 3.27. The van der Waals surface area contributed by atoms with Gasteiger partial charge in [-0.1, -0.05) is 19.1 Å². The van der Waals surface area contributed by atoms with Crippen molar-refractivity contribution in [1.29, 1.82) is 0 Å². The molecule has 1 saturated carbocycles. The second-order valence-electron chi connectivity index (χ2n) is 6.18. The van der Waals surface area contributed by atoms with E-state index in [1.165, 1.54) is 49.2 Å². The molecular weight excluding hydrogens is 260 g/mol. The lowest BCUT2D eigenvalue weighted by Crippen LogP contribution is -2.27. The van der Waals surface area contributed by atoms with E-state index in [2.05, 4.69) is 42.3 Å². The Balaban J connectivity index is 1.95. The zero-order valence-electron chi connectivity index (χ0n) is 13.8. The molecule has 0 atom stereocenters. The summed E-state index contributed by atoms with van der Waals surface area (Å²) in [6.07, 6.45) is 4.05. The van der Waals surface area contributed by atoms with E-state index in [0.717, 1.165) is 25.6 Å². The van der Waals surface area contributed by atoms with Crippen molar-refractivity contribution in [2.75, 3.05) is 38.3 Å². The summed E-state index contributed by atoms with van der Waals surface area (Å²) in [6.45, 7) is 9.50. The van der Waals surface area contributed by atoms with Gasteiger partial charge >= 0.3 is 0 Å². The number of nitrogens with one attached hydrogen (secondary N) is 1. The number of hydrogen-bond acceptors (Lipinski definition) is 3. The van der Waals surface area contributed by atoms with Crippen molar-refractivity contribution < 1.29 is 4.74 Å². The van der Waals surface area contributed by atoms with E-state index >= 15 is 0 Å². The van der Waals surface area contributed by atoms with Gasteiger partial charge in [0, 0.05) is 39.0 Å². The Morgan fingerprint density at radius 2 is 2.14 bits per heavy atom. The van der Waals surface area contributed by atoms with Gasteiger partial charge in [0.2, 0.25) is 0 Å². The van der Waals surface area contributed by atoms with Crippen molar-refractivity contribution in [2.45, 2.75) is 39.7 Å². The third-order valence-electron chi connectivity index (χ3n) is 4.08. The van der Waals surface area contributed by atoms with Gasteiger partial charge < -0.3 is 15.0 Å². The highest BCUT2D eigenvalue weighted by Crippen LogP contribution is 2.32. The van der Waals surface area contributed by atoms with Gasteiger partial charge in [-0.15, -0.1) is 0 Å². The van der Waals surface area contributed by atoms with Crippen LogP contribution in [0.25, 0.3) is 0 Å². The third-order valence-corrected chi connectivity index (χ3v) is 4.08. The molecule has 0 heterocycles. The maximum Gasteiger partial charge on any atom is 0.0587 e. The first-order valence-corrected chi connectivity index (χ1v) is 8.28. The van der Waals surface area contributed by atoms with Crippen molar-refractivity contribution >= 4 is 5.69 Å². The monoisotopic (exact) mass is 290 g/mol. The lowest BCUT2D eigenvalue weighted by atomic mass is 10.1. The van der Waals surface area contributed by atoms with Crippen LogP contribution in [0.15, 0.2) is 18.2 Å². The van der Waals surface area contributed by atoms with Gasteiger partial charge in [-0.2, -0.15) is 0 Å². The zero-order valence-corrected chi connectivity index (χ0v) is 13.8. The van der Waals surface area contributed by atoms with Crippen molar-refractivity contribution in [1.82, 2.24) is 5.32 Å². The molecule has 1 aliphatic carbocycles. The molecular formula is C18H30N2O. The van der Waals surface area contributed by atoms with Crippen molar-refractivity contribution in [3.63, 3.8) is 0 Å². The summed E-state index contributed by atoms with van der Waals surface area (Å²) in [5.74, 6) is 0.936. The van der Waals surface area contributed by atoms with Gasteiger partial charge in [0.25, 0.3) is 0 Å². The molecule has 0 amide bonds. The molecule has 0 spiro atoms. The fraction of sp³-hybridized carbons (Fsp3) is 0.667.